The lowest BCUT2D eigenvalue weighted by Crippen LogP contribution is -2.23. The van der Waals surface area contributed by atoms with Gasteiger partial charge in [0.15, 0.2) is 5.82 Å². The number of pyridine rings is 1. The molecule has 0 aliphatic rings. The van der Waals surface area contributed by atoms with E-state index in [2.05, 4.69) is 9.71 Å². The highest BCUT2D eigenvalue weighted by molar-refractivity contribution is 7.92. The van der Waals surface area contributed by atoms with E-state index in [0.717, 1.165) is 12.8 Å². The van der Waals surface area contributed by atoms with Gasteiger partial charge < -0.3 is 14.7 Å². The number of aromatic carboxylic acids is 1. The third-order valence-electron chi connectivity index (χ3n) is 3.94. The molecule has 27 heavy (non-hydrogen) atoms. The lowest BCUT2D eigenvalue weighted by atomic mass is 10.2. The summed E-state index contributed by atoms with van der Waals surface area (Å²) in [4.78, 5) is 17.3. The molecule has 1 aromatic heterocycles. The standard InChI is InChI=1S/C18H23N3O5S/c1-4-5-10-21(2)17-16(11-13(12-19-17)18(22)23)20-27(24,25)15-8-6-14(26-3)7-9-15/h6-9,11-12,20H,4-5,10H2,1-3H3,(H,22,23). The summed E-state index contributed by atoms with van der Waals surface area (Å²) in [6.07, 6.45) is 3.07. The Labute approximate surface area is 158 Å². The summed E-state index contributed by atoms with van der Waals surface area (Å²) >= 11 is 0. The van der Waals surface area contributed by atoms with Gasteiger partial charge in [-0.2, -0.15) is 0 Å². The Hall–Kier alpha value is -2.81. The fourth-order valence-electron chi connectivity index (χ4n) is 2.41. The smallest absolute Gasteiger partial charge is 0.337 e. The van der Waals surface area contributed by atoms with Gasteiger partial charge >= 0.3 is 5.97 Å². The summed E-state index contributed by atoms with van der Waals surface area (Å²) in [5.41, 5.74) is 0.0133. The predicted molar refractivity (Wildman–Crippen MR) is 103 cm³/mol. The van der Waals surface area contributed by atoms with Gasteiger partial charge in [0.1, 0.15) is 5.75 Å². The number of carboxylic acid groups (broad SMARTS) is 1. The summed E-state index contributed by atoms with van der Waals surface area (Å²) in [7, 11) is -0.652. The molecule has 0 spiro atoms. The molecule has 2 aromatic rings. The molecule has 9 heteroatoms. The molecule has 0 unspecified atom stereocenters. The van der Waals surface area contributed by atoms with Crippen LogP contribution in [0, 0.1) is 0 Å². The molecule has 146 valence electrons. The number of carboxylic acids is 1. The number of benzene rings is 1. The van der Waals surface area contributed by atoms with Gasteiger partial charge in [-0.25, -0.2) is 18.2 Å². The van der Waals surface area contributed by atoms with Crippen LogP contribution in [-0.2, 0) is 10.0 Å². The Balaban J connectivity index is 2.41. The third-order valence-corrected chi connectivity index (χ3v) is 5.32. The number of rotatable bonds is 9. The number of nitrogens with zero attached hydrogens (tertiary/aromatic N) is 2. The van der Waals surface area contributed by atoms with E-state index in [1.807, 2.05) is 6.92 Å². The second kappa shape index (κ2) is 8.72. The number of sulfonamides is 1. The number of anilines is 2. The molecular weight excluding hydrogens is 370 g/mol. The highest BCUT2D eigenvalue weighted by Gasteiger charge is 2.20. The van der Waals surface area contributed by atoms with Gasteiger partial charge in [-0.3, -0.25) is 4.72 Å². The summed E-state index contributed by atoms with van der Waals surface area (Å²) in [6, 6.07) is 7.17. The Morgan fingerprint density at radius 1 is 1.30 bits per heavy atom. The van der Waals surface area contributed by atoms with E-state index in [1.165, 1.54) is 43.6 Å². The molecule has 0 bridgehead atoms. The third kappa shape index (κ3) is 5.10. The SMILES string of the molecule is CCCCN(C)c1ncc(C(=O)O)cc1NS(=O)(=O)c1ccc(OC)cc1. The van der Waals surface area contributed by atoms with E-state index < -0.39 is 16.0 Å². The Morgan fingerprint density at radius 2 is 1.96 bits per heavy atom. The monoisotopic (exact) mass is 393 g/mol. The molecule has 0 radical (unpaired) electrons. The number of hydrogen-bond donors (Lipinski definition) is 2. The number of carbonyl (C=O) groups is 1. The first-order valence-corrected chi connectivity index (χ1v) is 9.88. The average molecular weight is 393 g/mol. The van der Waals surface area contributed by atoms with Crippen molar-refractivity contribution in [3.05, 3.63) is 42.1 Å². The molecule has 2 rings (SSSR count). The van der Waals surface area contributed by atoms with Crippen molar-refractivity contribution in [3.63, 3.8) is 0 Å². The van der Waals surface area contributed by atoms with E-state index in [4.69, 9.17) is 4.74 Å². The summed E-state index contributed by atoms with van der Waals surface area (Å²) in [5.74, 6) is -0.288. The Kier molecular flexibility index (Phi) is 6.62. The number of hydrogen-bond acceptors (Lipinski definition) is 6. The van der Waals surface area contributed by atoms with Crippen molar-refractivity contribution in [2.24, 2.45) is 0 Å². The topological polar surface area (TPSA) is 109 Å². The number of ether oxygens (including phenoxy) is 1. The largest absolute Gasteiger partial charge is 0.497 e. The Morgan fingerprint density at radius 3 is 2.52 bits per heavy atom. The Bertz CT molecular complexity index is 898. The van der Waals surface area contributed by atoms with Gasteiger partial charge in [-0.05, 0) is 36.8 Å². The average Bonchev–Trinajstić information content (AvgIpc) is 2.65. The highest BCUT2D eigenvalue weighted by Crippen LogP contribution is 2.27. The van der Waals surface area contributed by atoms with Gasteiger partial charge in [-0.15, -0.1) is 0 Å². The molecule has 1 aromatic carbocycles. The molecule has 0 atom stereocenters. The van der Waals surface area contributed by atoms with Crippen LogP contribution in [-0.4, -0.2) is 45.2 Å². The van der Waals surface area contributed by atoms with Gasteiger partial charge in [0.2, 0.25) is 0 Å². The molecule has 8 nitrogen and oxygen atoms in total. The van der Waals surface area contributed by atoms with Crippen LogP contribution in [0.2, 0.25) is 0 Å². The zero-order valence-corrected chi connectivity index (χ0v) is 16.3. The van der Waals surface area contributed by atoms with Crippen molar-refractivity contribution in [3.8, 4) is 5.75 Å². The molecule has 0 saturated heterocycles. The second-order valence-corrected chi connectivity index (χ2v) is 7.64. The van der Waals surface area contributed by atoms with Gasteiger partial charge in [0.05, 0.1) is 23.3 Å². The van der Waals surface area contributed by atoms with E-state index in [1.54, 1.807) is 11.9 Å². The van der Waals surface area contributed by atoms with Crippen molar-refractivity contribution in [2.45, 2.75) is 24.7 Å². The number of unbranched alkanes of at least 4 members (excludes halogenated alkanes) is 1. The van der Waals surface area contributed by atoms with Crippen LogP contribution in [0.5, 0.6) is 5.75 Å². The van der Waals surface area contributed by atoms with Crippen molar-refractivity contribution in [2.75, 3.05) is 30.3 Å². The fraction of sp³-hybridized carbons (Fsp3) is 0.333. The van der Waals surface area contributed by atoms with E-state index in [9.17, 15) is 18.3 Å². The lowest BCUT2D eigenvalue weighted by molar-refractivity contribution is 0.0696. The van der Waals surface area contributed by atoms with Crippen LogP contribution < -0.4 is 14.4 Å². The molecule has 2 N–H and O–H groups in total. The van der Waals surface area contributed by atoms with Crippen LogP contribution in [0.4, 0.5) is 11.5 Å². The van der Waals surface area contributed by atoms with Crippen molar-refractivity contribution < 1.29 is 23.1 Å². The van der Waals surface area contributed by atoms with E-state index in [-0.39, 0.29) is 16.1 Å². The quantitative estimate of drug-likeness (QED) is 0.674. The van der Waals surface area contributed by atoms with E-state index >= 15 is 0 Å². The van der Waals surface area contributed by atoms with Gasteiger partial charge in [0.25, 0.3) is 10.0 Å². The fourth-order valence-corrected chi connectivity index (χ4v) is 3.47. The molecule has 0 aliphatic heterocycles. The zero-order chi connectivity index (χ0) is 20.0. The molecule has 0 amide bonds. The van der Waals surface area contributed by atoms with Crippen LogP contribution in [0.15, 0.2) is 41.4 Å². The maximum Gasteiger partial charge on any atom is 0.337 e. The van der Waals surface area contributed by atoms with Gasteiger partial charge in [-0.1, -0.05) is 13.3 Å². The van der Waals surface area contributed by atoms with Crippen LogP contribution in [0.3, 0.4) is 0 Å². The van der Waals surface area contributed by atoms with Crippen molar-refractivity contribution >= 4 is 27.5 Å². The minimum Gasteiger partial charge on any atom is -0.497 e. The first-order valence-electron chi connectivity index (χ1n) is 8.40. The molecule has 0 aliphatic carbocycles. The number of aromatic nitrogens is 1. The second-order valence-electron chi connectivity index (χ2n) is 5.96. The molecule has 0 fully saturated rings. The summed E-state index contributed by atoms with van der Waals surface area (Å²) in [5, 5.41) is 9.21. The molecular formula is C18H23N3O5S. The summed E-state index contributed by atoms with van der Waals surface area (Å²) in [6.45, 7) is 2.70. The number of nitrogens with one attached hydrogen (secondary N) is 1. The van der Waals surface area contributed by atoms with E-state index in [0.29, 0.717) is 18.1 Å². The highest BCUT2D eigenvalue weighted by atomic mass is 32.2. The predicted octanol–water partition coefficient (Wildman–Crippen LogP) is 2.83. The summed E-state index contributed by atoms with van der Waals surface area (Å²) < 4.78 is 32.9. The first kappa shape index (κ1) is 20.5. The first-order chi connectivity index (χ1) is 12.8. The minimum atomic E-state index is -3.92. The van der Waals surface area contributed by atoms with Crippen LogP contribution >= 0.6 is 0 Å². The maximum absolute atomic E-state index is 12.7. The molecule has 1 heterocycles. The van der Waals surface area contributed by atoms with Crippen molar-refractivity contribution in [1.29, 1.82) is 0 Å². The normalized spacial score (nSPS) is 11.1. The van der Waals surface area contributed by atoms with Crippen LogP contribution in [0.1, 0.15) is 30.1 Å². The molecule has 0 saturated carbocycles. The lowest BCUT2D eigenvalue weighted by Gasteiger charge is -2.22. The number of methoxy groups -OCH3 is 1. The van der Waals surface area contributed by atoms with Crippen molar-refractivity contribution in [1.82, 2.24) is 4.98 Å². The zero-order valence-electron chi connectivity index (χ0n) is 15.5. The minimum absolute atomic E-state index is 0.0335. The van der Waals surface area contributed by atoms with Crippen LogP contribution in [0.25, 0.3) is 0 Å². The van der Waals surface area contributed by atoms with Gasteiger partial charge in [0, 0.05) is 19.8 Å². The maximum atomic E-state index is 12.7.